The summed E-state index contributed by atoms with van der Waals surface area (Å²) in [5, 5.41) is 5.09. The molecule has 2 heterocycles. The molecule has 3 rings (SSSR count). The number of carbonyl (C=O) groups is 1. The number of nitrogens with one attached hydrogen (secondary N) is 2. The van der Waals surface area contributed by atoms with Crippen LogP contribution in [0, 0.1) is 26.7 Å². The molecule has 1 amide bonds. The van der Waals surface area contributed by atoms with E-state index in [2.05, 4.69) is 36.1 Å². The van der Waals surface area contributed by atoms with Gasteiger partial charge in [-0.1, -0.05) is 19.9 Å². The Morgan fingerprint density at radius 2 is 1.96 bits per heavy atom. The van der Waals surface area contributed by atoms with E-state index in [1.165, 1.54) is 4.88 Å². The number of amides is 1. The number of thiazole rings is 1. The van der Waals surface area contributed by atoms with E-state index in [-0.39, 0.29) is 17.5 Å². The summed E-state index contributed by atoms with van der Waals surface area (Å²) < 4.78 is 0. The average Bonchev–Trinajstić information content (AvgIpc) is 2.94. The molecule has 0 aliphatic carbocycles. The van der Waals surface area contributed by atoms with E-state index in [9.17, 15) is 9.59 Å². The number of rotatable bonds is 6. The highest BCUT2D eigenvalue weighted by molar-refractivity contribution is 7.11. The Morgan fingerprint density at radius 1 is 1.21 bits per heavy atom. The first-order valence-electron chi connectivity index (χ1n) is 9.58. The summed E-state index contributed by atoms with van der Waals surface area (Å²) in [5.41, 5.74) is 3.32. The van der Waals surface area contributed by atoms with E-state index in [1.807, 2.05) is 31.2 Å². The minimum atomic E-state index is -0.0800. The van der Waals surface area contributed by atoms with Gasteiger partial charge in [0.05, 0.1) is 18.2 Å². The number of H-pyrrole nitrogens is 1. The van der Waals surface area contributed by atoms with Gasteiger partial charge < -0.3 is 10.3 Å². The van der Waals surface area contributed by atoms with Gasteiger partial charge in [0.2, 0.25) is 5.91 Å². The van der Waals surface area contributed by atoms with Crippen LogP contribution in [0.1, 0.15) is 53.0 Å². The van der Waals surface area contributed by atoms with Gasteiger partial charge in [-0.25, -0.2) is 4.98 Å². The molecule has 2 N–H and O–H groups in total. The molecule has 0 fully saturated rings. The fourth-order valence-electron chi connectivity index (χ4n) is 3.25. The summed E-state index contributed by atoms with van der Waals surface area (Å²) >= 11 is 1.66. The van der Waals surface area contributed by atoms with Gasteiger partial charge in [-0.2, -0.15) is 0 Å². The molecule has 6 heteroatoms. The Bertz CT molecular complexity index is 1050. The fraction of sp³-hybridized carbons (Fsp3) is 0.409. The molecule has 2 aromatic heterocycles. The van der Waals surface area contributed by atoms with Crippen LogP contribution < -0.4 is 10.9 Å². The zero-order valence-electron chi connectivity index (χ0n) is 17.1. The van der Waals surface area contributed by atoms with Crippen LogP contribution in [0.25, 0.3) is 10.9 Å². The van der Waals surface area contributed by atoms with Gasteiger partial charge in [0.1, 0.15) is 5.01 Å². The molecule has 3 aromatic rings. The summed E-state index contributed by atoms with van der Waals surface area (Å²) in [6, 6.07) is 7.51. The SMILES string of the molecule is Cc1nc(C(CC(C)C)NC(=O)Cc2ccc3[nH]c(=O)c(C)cc3c2)sc1C. The Morgan fingerprint density at radius 3 is 2.61 bits per heavy atom. The van der Waals surface area contributed by atoms with E-state index >= 15 is 0 Å². The van der Waals surface area contributed by atoms with Crippen molar-refractivity contribution in [2.24, 2.45) is 5.92 Å². The third-order valence-corrected chi connectivity index (χ3v) is 6.03. The Hall–Kier alpha value is -2.47. The third-order valence-electron chi connectivity index (χ3n) is 4.84. The molecule has 0 saturated heterocycles. The molecule has 0 bridgehead atoms. The zero-order valence-corrected chi connectivity index (χ0v) is 17.9. The molecule has 0 aliphatic heterocycles. The van der Waals surface area contributed by atoms with E-state index in [4.69, 9.17) is 0 Å². The smallest absolute Gasteiger partial charge is 0.251 e. The summed E-state index contributed by atoms with van der Waals surface area (Å²) in [6.45, 7) is 10.2. The van der Waals surface area contributed by atoms with Crippen molar-refractivity contribution in [1.82, 2.24) is 15.3 Å². The van der Waals surface area contributed by atoms with E-state index in [0.29, 0.717) is 17.9 Å². The van der Waals surface area contributed by atoms with Crippen LogP contribution in [0.3, 0.4) is 0 Å². The van der Waals surface area contributed by atoms with Gasteiger partial charge in [0, 0.05) is 16.0 Å². The quantitative estimate of drug-likeness (QED) is 0.649. The van der Waals surface area contributed by atoms with Crippen molar-refractivity contribution >= 4 is 28.1 Å². The average molecular weight is 398 g/mol. The van der Waals surface area contributed by atoms with Crippen molar-refractivity contribution in [2.75, 3.05) is 0 Å². The highest BCUT2D eigenvalue weighted by atomic mass is 32.1. The molecule has 0 aliphatic rings. The first-order valence-corrected chi connectivity index (χ1v) is 10.4. The fourth-order valence-corrected chi connectivity index (χ4v) is 4.23. The molecule has 148 valence electrons. The van der Waals surface area contributed by atoms with Gasteiger partial charge in [0.25, 0.3) is 5.56 Å². The molecule has 0 spiro atoms. The lowest BCUT2D eigenvalue weighted by Gasteiger charge is -2.18. The van der Waals surface area contributed by atoms with Crippen molar-refractivity contribution in [3.05, 3.63) is 61.3 Å². The molecule has 1 atom stereocenters. The second kappa shape index (κ2) is 8.27. The predicted molar refractivity (Wildman–Crippen MR) is 115 cm³/mol. The number of aromatic amines is 1. The molecular weight excluding hydrogens is 370 g/mol. The standard InChI is InChI=1S/C22H27N3O2S/c1-12(2)8-19(22-23-14(4)15(5)28-22)24-20(26)11-16-6-7-18-17(10-16)9-13(3)21(27)25-18/h6-7,9-10,12,19H,8,11H2,1-5H3,(H,24,26)(H,25,27). The van der Waals surface area contributed by atoms with Crippen molar-refractivity contribution in [3.63, 3.8) is 0 Å². The van der Waals surface area contributed by atoms with Crippen molar-refractivity contribution in [1.29, 1.82) is 0 Å². The second-order valence-corrected chi connectivity index (χ2v) is 9.06. The molecular formula is C22H27N3O2S. The van der Waals surface area contributed by atoms with Gasteiger partial charge in [-0.3, -0.25) is 9.59 Å². The number of hydrogen-bond donors (Lipinski definition) is 2. The molecule has 1 aromatic carbocycles. The largest absolute Gasteiger partial charge is 0.347 e. The van der Waals surface area contributed by atoms with Crippen molar-refractivity contribution in [3.8, 4) is 0 Å². The van der Waals surface area contributed by atoms with Crippen molar-refractivity contribution < 1.29 is 4.79 Å². The zero-order chi connectivity index (χ0) is 20.4. The number of aromatic nitrogens is 2. The normalized spacial score (nSPS) is 12.5. The van der Waals surface area contributed by atoms with Crippen LogP contribution in [-0.4, -0.2) is 15.9 Å². The van der Waals surface area contributed by atoms with Crippen LogP contribution in [0.4, 0.5) is 0 Å². The maximum Gasteiger partial charge on any atom is 0.251 e. The summed E-state index contributed by atoms with van der Waals surface area (Å²) in [5.74, 6) is 0.437. The molecule has 0 saturated carbocycles. The summed E-state index contributed by atoms with van der Waals surface area (Å²) in [7, 11) is 0. The van der Waals surface area contributed by atoms with Gasteiger partial charge in [-0.05, 0) is 62.3 Å². The number of fused-ring (bicyclic) bond motifs is 1. The summed E-state index contributed by atoms with van der Waals surface area (Å²) in [6.07, 6.45) is 1.16. The Balaban J connectivity index is 1.77. The Kier molecular flexibility index (Phi) is 5.98. The maximum absolute atomic E-state index is 12.7. The van der Waals surface area contributed by atoms with Crippen LogP contribution in [-0.2, 0) is 11.2 Å². The minimum Gasteiger partial charge on any atom is -0.347 e. The van der Waals surface area contributed by atoms with Gasteiger partial charge in [-0.15, -0.1) is 11.3 Å². The molecule has 0 radical (unpaired) electrons. The first kappa shape index (κ1) is 20.3. The third kappa shape index (κ3) is 4.68. The lowest BCUT2D eigenvalue weighted by atomic mass is 10.0. The van der Waals surface area contributed by atoms with Crippen LogP contribution in [0.15, 0.2) is 29.1 Å². The van der Waals surface area contributed by atoms with Gasteiger partial charge in [0.15, 0.2) is 0 Å². The van der Waals surface area contributed by atoms with Gasteiger partial charge >= 0.3 is 0 Å². The predicted octanol–water partition coefficient (Wildman–Crippen LogP) is 4.36. The lowest BCUT2D eigenvalue weighted by molar-refractivity contribution is -0.121. The highest BCUT2D eigenvalue weighted by Crippen LogP contribution is 2.27. The van der Waals surface area contributed by atoms with Crippen LogP contribution in [0.2, 0.25) is 0 Å². The number of aryl methyl sites for hydroxylation is 3. The number of hydrogen-bond acceptors (Lipinski definition) is 4. The van der Waals surface area contributed by atoms with E-state index in [1.54, 1.807) is 18.3 Å². The van der Waals surface area contributed by atoms with Crippen molar-refractivity contribution in [2.45, 2.75) is 53.5 Å². The summed E-state index contributed by atoms with van der Waals surface area (Å²) in [4.78, 5) is 33.2. The Labute approximate surface area is 169 Å². The second-order valence-electron chi connectivity index (χ2n) is 7.82. The van der Waals surface area contributed by atoms with Crippen LogP contribution >= 0.6 is 11.3 Å². The molecule has 1 unspecified atom stereocenters. The van der Waals surface area contributed by atoms with E-state index < -0.39 is 0 Å². The number of nitrogens with zero attached hydrogens (tertiary/aromatic N) is 1. The molecule has 28 heavy (non-hydrogen) atoms. The van der Waals surface area contributed by atoms with Crippen LogP contribution in [0.5, 0.6) is 0 Å². The van der Waals surface area contributed by atoms with E-state index in [0.717, 1.165) is 33.6 Å². The number of benzene rings is 1. The highest BCUT2D eigenvalue weighted by Gasteiger charge is 2.20. The maximum atomic E-state index is 12.7. The topological polar surface area (TPSA) is 74.8 Å². The number of carbonyl (C=O) groups excluding carboxylic acids is 1. The first-order chi connectivity index (χ1) is 13.2. The minimum absolute atomic E-state index is 0.0170. The monoisotopic (exact) mass is 397 g/mol. The molecule has 5 nitrogen and oxygen atoms in total. The lowest BCUT2D eigenvalue weighted by Crippen LogP contribution is -2.30. The number of pyridine rings is 1.